The van der Waals surface area contributed by atoms with Gasteiger partial charge in [0.05, 0.1) is 12.1 Å². The fraction of sp³-hybridized carbons (Fsp3) is 0.500. The smallest absolute Gasteiger partial charge is 0.359 e. The highest BCUT2D eigenvalue weighted by molar-refractivity contribution is 5.81. The molecule has 1 fully saturated rings. The molecule has 2 heterocycles. The minimum atomic E-state index is -0.331. The molecular weight excluding hydrogens is 256 g/mol. The summed E-state index contributed by atoms with van der Waals surface area (Å²) in [6.07, 6.45) is 0. The topological polar surface area (TPSA) is 60.2 Å². The molecule has 20 heavy (non-hydrogen) atoms. The Morgan fingerprint density at radius 1 is 1.20 bits per heavy atom. The molecule has 1 aromatic carbocycles. The first-order chi connectivity index (χ1) is 9.38. The van der Waals surface area contributed by atoms with Gasteiger partial charge in [-0.05, 0) is 51.0 Å². The number of benzene rings is 1. The minimum Gasteiger partial charge on any atom is -0.359 e. The third-order valence-electron chi connectivity index (χ3n) is 3.80. The lowest BCUT2D eigenvalue weighted by Crippen LogP contribution is -2.46. The van der Waals surface area contributed by atoms with Crippen molar-refractivity contribution in [2.75, 3.05) is 13.3 Å². The number of rotatable bonds is 0. The molecule has 0 radical (unpaired) electrons. The Balaban J connectivity index is 2.00. The van der Waals surface area contributed by atoms with Crippen molar-refractivity contribution in [3.8, 4) is 0 Å². The van der Waals surface area contributed by atoms with E-state index >= 15 is 0 Å². The molecule has 0 aliphatic carbocycles. The van der Waals surface area contributed by atoms with E-state index in [0.29, 0.717) is 6.61 Å². The van der Waals surface area contributed by atoms with Gasteiger partial charge in [0.15, 0.2) is 0 Å². The van der Waals surface area contributed by atoms with Crippen molar-refractivity contribution in [1.82, 2.24) is 19.9 Å². The van der Waals surface area contributed by atoms with Crippen LogP contribution in [0.4, 0.5) is 4.79 Å². The van der Waals surface area contributed by atoms with Crippen LogP contribution in [0.1, 0.15) is 25.0 Å². The standard InChI is InChI=1S/C14H18N4O2/c1-9-5-11-12(6-10(9)2)16-18(15-11)13(19)17-8-20-7-14(17,3)4/h5-6H,7-8H2,1-4H3. The Labute approximate surface area is 117 Å². The molecule has 0 unspecified atom stereocenters. The molecule has 0 saturated carbocycles. The predicted octanol–water partition coefficient (Wildman–Crippen LogP) is 2.08. The summed E-state index contributed by atoms with van der Waals surface area (Å²) in [5.74, 6) is 0. The molecular formula is C14H18N4O2. The molecule has 0 atom stereocenters. The number of amides is 1. The molecule has 1 saturated heterocycles. The molecule has 1 aliphatic heterocycles. The van der Waals surface area contributed by atoms with Gasteiger partial charge >= 0.3 is 6.03 Å². The van der Waals surface area contributed by atoms with Gasteiger partial charge in [0.25, 0.3) is 0 Å². The number of hydrogen-bond acceptors (Lipinski definition) is 4. The summed E-state index contributed by atoms with van der Waals surface area (Å²) in [5.41, 5.74) is 3.42. The number of fused-ring (bicyclic) bond motifs is 1. The largest absolute Gasteiger partial charge is 0.364 e. The minimum absolute atomic E-state index is 0.251. The van der Waals surface area contributed by atoms with E-state index in [1.165, 1.54) is 4.80 Å². The maximum atomic E-state index is 12.5. The van der Waals surface area contributed by atoms with E-state index in [2.05, 4.69) is 10.2 Å². The monoisotopic (exact) mass is 274 g/mol. The van der Waals surface area contributed by atoms with Crippen molar-refractivity contribution in [1.29, 1.82) is 0 Å². The second-order valence-electron chi connectivity index (χ2n) is 5.92. The summed E-state index contributed by atoms with van der Waals surface area (Å²) < 4.78 is 5.36. The number of aromatic nitrogens is 3. The predicted molar refractivity (Wildman–Crippen MR) is 74.5 cm³/mol. The van der Waals surface area contributed by atoms with E-state index < -0.39 is 0 Å². The Morgan fingerprint density at radius 3 is 2.20 bits per heavy atom. The zero-order chi connectivity index (χ0) is 14.5. The van der Waals surface area contributed by atoms with Gasteiger partial charge in [0.2, 0.25) is 0 Å². The molecule has 3 rings (SSSR count). The summed E-state index contributed by atoms with van der Waals surface area (Å²) in [5, 5.41) is 8.57. The number of nitrogens with zero attached hydrogens (tertiary/aromatic N) is 4. The average Bonchev–Trinajstić information content (AvgIpc) is 2.92. The van der Waals surface area contributed by atoms with Gasteiger partial charge < -0.3 is 4.74 Å². The van der Waals surface area contributed by atoms with E-state index in [0.717, 1.165) is 22.2 Å². The van der Waals surface area contributed by atoms with Crippen molar-refractivity contribution >= 4 is 17.1 Å². The molecule has 6 heteroatoms. The average molecular weight is 274 g/mol. The third-order valence-corrected chi connectivity index (χ3v) is 3.80. The van der Waals surface area contributed by atoms with Gasteiger partial charge in [-0.2, -0.15) is 0 Å². The van der Waals surface area contributed by atoms with Crippen LogP contribution in [0.5, 0.6) is 0 Å². The van der Waals surface area contributed by atoms with E-state index in [4.69, 9.17) is 4.74 Å². The quantitative estimate of drug-likeness (QED) is 0.738. The lowest BCUT2D eigenvalue weighted by molar-refractivity contribution is 0.136. The van der Waals surface area contributed by atoms with Gasteiger partial charge in [-0.1, -0.05) is 4.80 Å². The van der Waals surface area contributed by atoms with Crippen molar-refractivity contribution in [2.24, 2.45) is 0 Å². The Hall–Kier alpha value is -1.95. The first-order valence-electron chi connectivity index (χ1n) is 6.62. The fourth-order valence-corrected chi connectivity index (χ4v) is 2.32. The van der Waals surface area contributed by atoms with Crippen molar-refractivity contribution in [3.05, 3.63) is 23.3 Å². The van der Waals surface area contributed by atoms with Crippen LogP contribution in [0.25, 0.3) is 11.0 Å². The van der Waals surface area contributed by atoms with Crippen LogP contribution in [0, 0.1) is 13.8 Å². The van der Waals surface area contributed by atoms with E-state index in [1.54, 1.807) is 4.90 Å². The number of hydrogen-bond donors (Lipinski definition) is 0. The van der Waals surface area contributed by atoms with Gasteiger partial charge in [-0.25, -0.2) is 4.79 Å². The second-order valence-corrected chi connectivity index (χ2v) is 5.92. The Kier molecular flexibility index (Phi) is 2.79. The van der Waals surface area contributed by atoms with E-state index in [1.807, 2.05) is 39.8 Å². The highest BCUT2D eigenvalue weighted by Crippen LogP contribution is 2.23. The molecule has 2 aromatic rings. The molecule has 106 valence electrons. The number of aryl methyl sites for hydroxylation is 2. The van der Waals surface area contributed by atoms with E-state index in [-0.39, 0.29) is 18.3 Å². The SMILES string of the molecule is Cc1cc2nn(C(=O)N3COCC3(C)C)nc2cc1C. The highest BCUT2D eigenvalue weighted by Gasteiger charge is 2.38. The van der Waals surface area contributed by atoms with Gasteiger partial charge in [-0.15, -0.1) is 10.2 Å². The Morgan fingerprint density at radius 2 is 1.75 bits per heavy atom. The second kappa shape index (κ2) is 4.28. The molecule has 1 amide bonds. The van der Waals surface area contributed by atoms with Gasteiger partial charge in [0, 0.05) is 0 Å². The number of ether oxygens (including phenoxy) is 1. The fourth-order valence-electron chi connectivity index (χ4n) is 2.32. The van der Waals surface area contributed by atoms with Gasteiger partial charge in [0.1, 0.15) is 17.8 Å². The zero-order valence-corrected chi connectivity index (χ0v) is 12.2. The van der Waals surface area contributed by atoms with Crippen molar-refractivity contribution in [3.63, 3.8) is 0 Å². The van der Waals surface area contributed by atoms with Crippen LogP contribution in [0.3, 0.4) is 0 Å². The van der Waals surface area contributed by atoms with Crippen LogP contribution in [-0.2, 0) is 4.74 Å². The maximum Gasteiger partial charge on any atom is 0.364 e. The van der Waals surface area contributed by atoms with Crippen LogP contribution in [0.2, 0.25) is 0 Å². The van der Waals surface area contributed by atoms with Crippen LogP contribution in [-0.4, -0.2) is 44.8 Å². The van der Waals surface area contributed by atoms with Crippen LogP contribution >= 0.6 is 0 Å². The number of carbonyl (C=O) groups is 1. The highest BCUT2D eigenvalue weighted by atomic mass is 16.5. The summed E-state index contributed by atoms with van der Waals surface area (Å²) in [7, 11) is 0. The normalized spacial score (nSPS) is 17.9. The number of carbonyl (C=O) groups excluding carboxylic acids is 1. The lowest BCUT2D eigenvalue weighted by atomic mass is 10.1. The van der Waals surface area contributed by atoms with Crippen molar-refractivity contribution in [2.45, 2.75) is 33.2 Å². The van der Waals surface area contributed by atoms with E-state index in [9.17, 15) is 4.79 Å². The van der Waals surface area contributed by atoms with Crippen LogP contribution < -0.4 is 0 Å². The lowest BCUT2D eigenvalue weighted by Gasteiger charge is -2.27. The molecule has 0 spiro atoms. The maximum absolute atomic E-state index is 12.5. The molecule has 6 nitrogen and oxygen atoms in total. The van der Waals surface area contributed by atoms with Crippen LogP contribution in [0.15, 0.2) is 12.1 Å². The molecule has 0 bridgehead atoms. The Bertz CT molecular complexity index is 651. The summed E-state index contributed by atoms with van der Waals surface area (Å²) in [6.45, 7) is 8.78. The summed E-state index contributed by atoms with van der Waals surface area (Å²) in [6, 6.07) is 3.65. The summed E-state index contributed by atoms with van der Waals surface area (Å²) >= 11 is 0. The first kappa shape index (κ1) is 13.1. The first-order valence-corrected chi connectivity index (χ1v) is 6.62. The third kappa shape index (κ3) is 1.96. The zero-order valence-electron chi connectivity index (χ0n) is 12.2. The molecule has 0 N–H and O–H groups in total. The van der Waals surface area contributed by atoms with Crippen molar-refractivity contribution < 1.29 is 9.53 Å². The molecule has 1 aromatic heterocycles. The van der Waals surface area contributed by atoms with Gasteiger partial charge in [-0.3, -0.25) is 4.90 Å². The summed E-state index contributed by atoms with van der Waals surface area (Å²) in [4.78, 5) is 15.3. The molecule has 1 aliphatic rings.